The van der Waals surface area contributed by atoms with Gasteiger partial charge in [0.1, 0.15) is 6.10 Å². The number of aliphatic hydroxyl groups excluding tert-OH is 1. The number of carbonyl (C=O) groups is 2. The van der Waals surface area contributed by atoms with E-state index in [-0.39, 0.29) is 12.5 Å². The lowest BCUT2D eigenvalue weighted by Gasteiger charge is -2.21. The number of nitrogens with two attached hydrogens (primary N) is 1. The molecule has 4 N–H and O–H groups in total. The van der Waals surface area contributed by atoms with Crippen LogP contribution < -0.4 is 10.6 Å². The van der Waals surface area contributed by atoms with E-state index in [1.54, 1.807) is 13.2 Å². The molecule has 0 fully saturated rings. The Kier molecular flexibility index (Phi) is 5.98. The summed E-state index contributed by atoms with van der Waals surface area (Å²) < 4.78 is 5.41. The summed E-state index contributed by atoms with van der Waals surface area (Å²) in [5.41, 5.74) is 15.0. The molecule has 0 bridgehead atoms. The molecule has 2 heterocycles. The van der Waals surface area contributed by atoms with Gasteiger partial charge in [-0.1, -0.05) is 48.0 Å². The normalized spacial score (nSPS) is 13.8. The third-order valence-corrected chi connectivity index (χ3v) is 7.82. The highest BCUT2D eigenvalue weighted by Crippen LogP contribution is 2.41. The van der Waals surface area contributed by atoms with Gasteiger partial charge in [-0.15, -0.1) is 0 Å². The van der Waals surface area contributed by atoms with Gasteiger partial charge in [-0.3, -0.25) is 9.59 Å². The highest BCUT2D eigenvalue weighted by molar-refractivity contribution is 6.20. The number of aromatic nitrogens is 1. The predicted molar refractivity (Wildman–Crippen MR) is 153 cm³/mol. The number of hydrogen-bond acceptors (Lipinski definition) is 4. The largest absolute Gasteiger partial charge is 0.393 e. The van der Waals surface area contributed by atoms with Crippen LogP contribution in [0.25, 0.3) is 32.9 Å². The SMILES string of the molecule is COC(CO)c1ccc2c(c1)[nH]c1c(C(N)=O)ccc(-c3cccc(N4Cc5ccc(C)cc5C4=O)c3C)c12. The lowest BCUT2D eigenvalue weighted by molar-refractivity contribution is 0.0485. The third kappa shape index (κ3) is 3.90. The number of nitrogens with one attached hydrogen (secondary N) is 1. The molecule has 0 aliphatic carbocycles. The van der Waals surface area contributed by atoms with Crippen molar-refractivity contribution in [1.82, 2.24) is 4.98 Å². The molecule has 1 unspecified atom stereocenters. The van der Waals surface area contributed by atoms with Crippen molar-refractivity contribution < 1.29 is 19.4 Å². The first-order valence-electron chi connectivity index (χ1n) is 12.9. The summed E-state index contributed by atoms with van der Waals surface area (Å²) in [7, 11) is 1.56. The Labute approximate surface area is 225 Å². The molecule has 4 aromatic carbocycles. The fourth-order valence-corrected chi connectivity index (χ4v) is 5.79. The Morgan fingerprint density at radius 3 is 2.62 bits per heavy atom. The van der Waals surface area contributed by atoms with Crippen molar-refractivity contribution >= 4 is 39.3 Å². The first-order chi connectivity index (χ1) is 18.8. The van der Waals surface area contributed by atoms with Gasteiger partial charge in [0, 0.05) is 34.6 Å². The second-order valence-corrected chi connectivity index (χ2v) is 10.1. The van der Waals surface area contributed by atoms with Gasteiger partial charge < -0.3 is 25.5 Å². The number of methoxy groups -OCH3 is 1. The number of amides is 2. The lowest BCUT2D eigenvalue weighted by atomic mass is 9.93. The van der Waals surface area contributed by atoms with Crippen LogP contribution in [0.5, 0.6) is 0 Å². The van der Waals surface area contributed by atoms with Crippen molar-refractivity contribution in [3.63, 3.8) is 0 Å². The molecule has 0 spiro atoms. The van der Waals surface area contributed by atoms with Gasteiger partial charge in [-0.2, -0.15) is 0 Å². The van der Waals surface area contributed by atoms with E-state index >= 15 is 0 Å². The Morgan fingerprint density at radius 1 is 1.05 bits per heavy atom. The molecule has 1 aliphatic heterocycles. The highest BCUT2D eigenvalue weighted by atomic mass is 16.5. The van der Waals surface area contributed by atoms with E-state index in [4.69, 9.17) is 10.5 Å². The molecule has 5 aromatic rings. The number of aromatic amines is 1. The summed E-state index contributed by atoms with van der Waals surface area (Å²) in [6.45, 7) is 4.39. The molecule has 1 aromatic heterocycles. The van der Waals surface area contributed by atoms with Gasteiger partial charge in [0.15, 0.2) is 0 Å². The Hall–Kier alpha value is -4.46. The van der Waals surface area contributed by atoms with Crippen LogP contribution in [0, 0.1) is 13.8 Å². The minimum Gasteiger partial charge on any atom is -0.393 e. The van der Waals surface area contributed by atoms with Crippen LogP contribution in [-0.4, -0.2) is 35.6 Å². The average Bonchev–Trinajstić information content (AvgIpc) is 3.46. The van der Waals surface area contributed by atoms with Gasteiger partial charge in [-0.25, -0.2) is 0 Å². The van der Waals surface area contributed by atoms with Gasteiger partial charge in [0.05, 0.1) is 24.2 Å². The number of nitrogens with zero attached hydrogens (tertiary/aromatic N) is 1. The van der Waals surface area contributed by atoms with Crippen LogP contribution in [0.15, 0.2) is 66.7 Å². The maximum absolute atomic E-state index is 13.4. The number of hydrogen-bond donors (Lipinski definition) is 3. The number of ether oxygens (including phenoxy) is 1. The van der Waals surface area contributed by atoms with E-state index in [0.29, 0.717) is 17.6 Å². The summed E-state index contributed by atoms with van der Waals surface area (Å²) in [6.07, 6.45) is -0.458. The van der Waals surface area contributed by atoms with Gasteiger partial charge >= 0.3 is 0 Å². The zero-order valence-electron chi connectivity index (χ0n) is 22.0. The molecule has 6 rings (SSSR count). The van der Waals surface area contributed by atoms with Crippen molar-refractivity contribution in [2.75, 3.05) is 18.6 Å². The quantitative estimate of drug-likeness (QED) is 0.274. The van der Waals surface area contributed by atoms with Crippen molar-refractivity contribution in [2.24, 2.45) is 5.73 Å². The molecule has 39 heavy (non-hydrogen) atoms. The molecular formula is C32H29N3O4. The van der Waals surface area contributed by atoms with Crippen LogP contribution in [-0.2, 0) is 11.3 Å². The smallest absolute Gasteiger partial charge is 0.258 e. The summed E-state index contributed by atoms with van der Waals surface area (Å²) in [4.78, 5) is 31.0. The number of primary amides is 1. The standard InChI is InChI=1S/C32H29N3O4/c1-17-7-8-20-15-35(32(38)25(20)13-17)27-6-4-5-21(18(27)2)22-11-12-24(31(33)37)30-29(22)23-10-9-19(14-26(23)34-30)28(16-36)39-3/h4-14,28,34,36H,15-16H2,1-3H3,(H2,33,37). The number of aliphatic hydroxyl groups is 1. The van der Waals surface area contributed by atoms with Crippen LogP contribution in [0.2, 0.25) is 0 Å². The first kappa shape index (κ1) is 24.9. The predicted octanol–water partition coefficient (Wildman–Crippen LogP) is 5.54. The highest BCUT2D eigenvalue weighted by Gasteiger charge is 2.30. The van der Waals surface area contributed by atoms with Crippen molar-refractivity contribution in [3.05, 3.63) is 100 Å². The third-order valence-electron chi connectivity index (χ3n) is 7.82. The van der Waals surface area contributed by atoms with Gasteiger partial charge in [0.2, 0.25) is 0 Å². The monoisotopic (exact) mass is 519 g/mol. The Bertz CT molecular complexity index is 1800. The number of anilines is 1. The number of aryl methyl sites for hydroxylation is 1. The molecule has 7 heteroatoms. The Morgan fingerprint density at radius 2 is 1.87 bits per heavy atom. The Balaban J connectivity index is 1.54. The fraction of sp³-hybridized carbons (Fsp3) is 0.188. The summed E-state index contributed by atoms with van der Waals surface area (Å²) in [5.74, 6) is -0.524. The lowest BCUT2D eigenvalue weighted by Crippen LogP contribution is -2.24. The van der Waals surface area contributed by atoms with Crippen molar-refractivity contribution in [1.29, 1.82) is 0 Å². The number of carbonyl (C=O) groups excluding carboxylic acids is 2. The molecule has 0 radical (unpaired) electrons. The van der Waals surface area contributed by atoms with E-state index in [9.17, 15) is 14.7 Å². The molecule has 1 aliphatic rings. The fourth-order valence-electron chi connectivity index (χ4n) is 5.79. The zero-order chi connectivity index (χ0) is 27.4. The summed E-state index contributed by atoms with van der Waals surface area (Å²) >= 11 is 0. The minimum atomic E-state index is -0.523. The maximum Gasteiger partial charge on any atom is 0.258 e. The van der Waals surface area contributed by atoms with E-state index in [2.05, 4.69) is 4.98 Å². The van der Waals surface area contributed by atoms with Crippen LogP contribution in [0.1, 0.15) is 49.1 Å². The van der Waals surface area contributed by atoms with Gasteiger partial charge in [0.25, 0.3) is 11.8 Å². The molecule has 2 amide bonds. The van der Waals surface area contributed by atoms with Crippen LogP contribution in [0.3, 0.4) is 0 Å². The minimum absolute atomic E-state index is 0.000576. The second kappa shape index (κ2) is 9.38. The van der Waals surface area contributed by atoms with Crippen molar-refractivity contribution in [3.8, 4) is 11.1 Å². The molecule has 0 saturated carbocycles. The molecule has 1 atom stereocenters. The zero-order valence-corrected chi connectivity index (χ0v) is 22.0. The molecular weight excluding hydrogens is 490 g/mol. The maximum atomic E-state index is 13.4. The molecule has 0 saturated heterocycles. The summed E-state index contributed by atoms with van der Waals surface area (Å²) in [6, 6.07) is 21.5. The second-order valence-electron chi connectivity index (χ2n) is 10.1. The van der Waals surface area contributed by atoms with Gasteiger partial charge in [-0.05, 0) is 65.9 Å². The van der Waals surface area contributed by atoms with Crippen LogP contribution >= 0.6 is 0 Å². The average molecular weight is 520 g/mol. The topological polar surface area (TPSA) is 109 Å². The number of benzene rings is 4. The molecule has 7 nitrogen and oxygen atoms in total. The number of fused-ring (bicyclic) bond motifs is 4. The van der Waals surface area contributed by atoms with E-state index < -0.39 is 12.0 Å². The first-order valence-corrected chi connectivity index (χ1v) is 12.9. The van der Waals surface area contributed by atoms with Crippen molar-refractivity contribution in [2.45, 2.75) is 26.5 Å². The van der Waals surface area contributed by atoms with E-state index in [1.807, 2.05) is 79.4 Å². The summed E-state index contributed by atoms with van der Waals surface area (Å²) in [5, 5.41) is 11.5. The molecule has 196 valence electrons. The number of rotatable bonds is 6. The van der Waals surface area contributed by atoms with E-state index in [1.165, 1.54) is 0 Å². The van der Waals surface area contributed by atoms with E-state index in [0.717, 1.165) is 60.9 Å². The number of H-pyrrole nitrogens is 1. The van der Waals surface area contributed by atoms with Crippen LogP contribution in [0.4, 0.5) is 5.69 Å².